The van der Waals surface area contributed by atoms with E-state index >= 15 is 0 Å². The van der Waals surface area contributed by atoms with Gasteiger partial charge in [-0.25, -0.2) is 13.8 Å². The largest absolute Gasteiger partial charge is 0.373 e. The van der Waals surface area contributed by atoms with E-state index in [1.807, 2.05) is 30.3 Å². The van der Waals surface area contributed by atoms with E-state index in [-0.39, 0.29) is 6.54 Å². The highest BCUT2D eigenvalue weighted by atomic mass is 19.3. The summed E-state index contributed by atoms with van der Waals surface area (Å²) in [5.41, 5.74) is 1.82. The number of nitrogens with zero attached hydrogens (tertiary/aromatic N) is 2. The second-order valence-corrected chi connectivity index (χ2v) is 4.53. The average Bonchev–Trinajstić information content (AvgIpc) is 2.36. The molecule has 102 valence electrons. The SMILES string of the molecule is CNc1nc2ccccc2cc1CN(C)CC(F)F. The van der Waals surface area contributed by atoms with Crippen LogP contribution < -0.4 is 5.32 Å². The highest BCUT2D eigenvalue weighted by Gasteiger charge is 2.11. The molecule has 0 radical (unpaired) electrons. The Morgan fingerprint density at radius 3 is 2.74 bits per heavy atom. The van der Waals surface area contributed by atoms with Crippen LogP contribution in [0.4, 0.5) is 14.6 Å². The molecule has 1 aromatic carbocycles. The number of pyridine rings is 1. The number of hydrogen-bond acceptors (Lipinski definition) is 3. The summed E-state index contributed by atoms with van der Waals surface area (Å²) in [6, 6.07) is 9.77. The minimum Gasteiger partial charge on any atom is -0.373 e. The van der Waals surface area contributed by atoms with Crippen molar-refractivity contribution in [3.63, 3.8) is 0 Å². The molecule has 0 bridgehead atoms. The molecule has 2 rings (SSSR count). The van der Waals surface area contributed by atoms with Gasteiger partial charge >= 0.3 is 0 Å². The molecule has 19 heavy (non-hydrogen) atoms. The molecule has 0 saturated heterocycles. The van der Waals surface area contributed by atoms with Crippen LogP contribution in [0.1, 0.15) is 5.56 Å². The van der Waals surface area contributed by atoms with Crippen LogP contribution in [0.3, 0.4) is 0 Å². The minimum absolute atomic E-state index is 0.240. The molecule has 0 spiro atoms. The molecule has 0 aliphatic rings. The molecule has 1 N–H and O–H groups in total. The third-order valence-corrected chi connectivity index (χ3v) is 2.93. The van der Waals surface area contributed by atoms with Crippen LogP contribution >= 0.6 is 0 Å². The lowest BCUT2D eigenvalue weighted by atomic mass is 10.1. The van der Waals surface area contributed by atoms with Crippen LogP contribution in [0, 0.1) is 0 Å². The van der Waals surface area contributed by atoms with Gasteiger partial charge in [-0.1, -0.05) is 18.2 Å². The summed E-state index contributed by atoms with van der Waals surface area (Å²) in [6.07, 6.45) is -2.32. The molecule has 0 aliphatic heterocycles. The number of anilines is 1. The summed E-state index contributed by atoms with van der Waals surface area (Å²) >= 11 is 0. The summed E-state index contributed by atoms with van der Waals surface area (Å²) in [5, 5.41) is 4.04. The predicted molar refractivity (Wildman–Crippen MR) is 73.6 cm³/mol. The third-order valence-electron chi connectivity index (χ3n) is 2.93. The van der Waals surface area contributed by atoms with E-state index in [0.29, 0.717) is 6.54 Å². The number of hydrogen-bond donors (Lipinski definition) is 1. The Labute approximate surface area is 111 Å². The number of aromatic nitrogens is 1. The molecule has 0 atom stereocenters. The second-order valence-electron chi connectivity index (χ2n) is 4.53. The molecule has 0 amide bonds. The van der Waals surface area contributed by atoms with Crippen LogP contribution in [0.25, 0.3) is 10.9 Å². The summed E-state index contributed by atoms with van der Waals surface area (Å²) in [7, 11) is 3.47. The number of para-hydroxylation sites is 1. The Kier molecular flexibility index (Phi) is 4.27. The summed E-state index contributed by atoms with van der Waals surface area (Å²) in [4.78, 5) is 6.10. The quantitative estimate of drug-likeness (QED) is 0.901. The molecule has 0 saturated carbocycles. The van der Waals surface area contributed by atoms with Gasteiger partial charge in [-0.2, -0.15) is 0 Å². The Bertz CT molecular complexity index is 557. The van der Waals surface area contributed by atoms with Gasteiger partial charge in [-0.15, -0.1) is 0 Å². The molecule has 0 unspecified atom stereocenters. The molecular weight excluding hydrogens is 248 g/mol. The average molecular weight is 265 g/mol. The van der Waals surface area contributed by atoms with Crippen molar-refractivity contribution < 1.29 is 8.78 Å². The van der Waals surface area contributed by atoms with E-state index in [4.69, 9.17) is 0 Å². The number of benzene rings is 1. The van der Waals surface area contributed by atoms with Crippen molar-refractivity contribution in [1.29, 1.82) is 0 Å². The fourth-order valence-electron chi connectivity index (χ4n) is 2.09. The number of alkyl halides is 2. The van der Waals surface area contributed by atoms with E-state index < -0.39 is 6.43 Å². The zero-order valence-electron chi connectivity index (χ0n) is 11.0. The molecule has 1 aromatic heterocycles. The van der Waals surface area contributed by atoms with Crippen molar-refractivity contribution >= 4 is 16.7 Å². The molecule has 2 aromatic rings. The number of fused-ring (bicyclic) bond motifs is 1. The predicted octanol–water partition coefficient (Wildman–Crippen LogP) is 2.97. The van der Waals surface area contributed by atoms with Gasteiger partial charge in [0.05, 0.1) is 12.1 Å². The van der Waals surface area contributed by atoms with Gasteiger partial charge in [0.1, 0.15) is 5.82 Å². The van der Waals surface area contributed by atoms with Gasteiger partial charge < -0.3 is 5.32 Å². The fourth-order valence-corrected chi connectivity index (χ4v) is 2.09. The Hall–Kier alpha value is -1.75. The third kappa shape index (κ3) is 3.38. The first kappa shape index (κ1) is 13.7. The zero-order valence-corrected chi connectivity index (χ0v) is 11.0. The van der Waals surface area contributed by atoms with E-state index in [0.717, 1.165) is 22.3 Å². The number of halogens is 2. The van der Waals surface area contributed by atoms with Crippen LogP contribution in [0.5, 0.6) is 0 Å². The van der Waals surface area contributed by atoms with Crippen molar-refractivity contribution in [2.24, 2.45) is 0 Å². The maximum Gasteiger partial charge on any atom is 0.251 e. The molecule has 5 heteroatoms. The standard InChI is InChI=1S/C14H17F2N3/c1-17-14-11(8-19(2)9-13(15)16)7-10-5-3-4-6-12(10)18-14/h3-7,13H,8-9H2,1-2H3,(H,17,18). The monoisotopic (exact) mass is 265 g/mol. The van der Waals surface area contributed by atoms with Gasteiger partial charge in [0, 0.05) is 24.5 Å². The maximum absolute atomic E-state index is 12.4. The van der Waals surface area contributed by atoms with Crippen LogP contribution in [0.15, 0.2) is 30.3 Å². The molecule has 0 aliphatic carbocycles. The fraction of sp³-hybridized carbons (Fsp3) is 0.357. The van der Waals surface area contributed by atoms with Gasteiger partial charge in [-0.05, 0) is 19.2 Å². The molecule has 3 nitrogen and oxygen atoms in total. The van der Waals surface area contributed by atoms with Gasteiger partial charge in [-0.3, -0.25) is 4.90 Å². The van der Waals surface area contributed by atoms with E-state index in [1.165, 1.54) is 0 Å². The van der Waals surface area contributed by atoms with Crippen LogP contribution in [-0.2, 0) is 6.54 Å². The molecule has 1 heterocycles. The van der Waals surface area contributed by atoms with Crippen molar-refractivity contribution in [2.45, 2.75) is 13.0 Å². The number of rotatable bonds is 5. The van der Waals surface area contributed by atoms with E-state index in [9.17, 15) is 8.78 Å². The van der Waals surface area contributed by atoms with E-state index in [2.05, 4.69) is 10.3 Å². The molecular formula is C14H17F2N3. The maximum atomic E-state index is 12.4. The first-order valence-electron chi connectivity index (χ1n) is 6.13. The summed E-state index contributed by atoms with van der Waals surface area (Å²) in [5.74, 6) is 0.736. The van der Waals surface area contributed by atoms with Gasteiger partial charge in [0.25, 0.3) is 6.43 Å². The summed E-state index contributed by atoms with van der Waals surface area (Å²) < 4.78 is 24.7. The van der Waals surface area contributed by atoms with Crippen molar-refractivity contribution in [3.05, 3.63) is 35.9 Å². The zero-order chi connectivity index (χ0) is 13.8. The van der Waals surface area contributed by atoms with Gasteiger partial charge in [0.15, 0.2) is 0 Å². The minimum atomic E-state index is -2.32. The highest BCUT2D eigenvalue weighted by Crippen LogP contribution is 2.21. The Morgan fingerprint density at radius 2 is 2.05 bits per heavy atom. The lowest BCUT2D eigenvalue weighted by molar-refractivity contribution is 0.0976. The molecule has 0 fully saturated rings. The van der Waals surface area contributed by atoms with Crippen molar-refractivity contribution in [2.75, 3.05) is 26.0 Å². The van der Waals surface area contributed by atoms with Crippen molar-refractivity contribution in [1.82, 2.24) is 9.88 Å². The van der Waals surface area contributed by atoms with Crippen molar-refractivity contribution in [3.8, 4) is 0 Å². The van der Waals surface area contributed by atoms with Gasteiger partial charge in [0.2, 0.25) is 0 Å². The normalized spacial score (nSPS) is 11.5. The Balaban J connectivity index is 2.30. The highest BCUT2D eigenvalue weighted by molar-refractivity contribution is 5.81. The lowest BCUT2D eigenvalue weighted by Gasteiger charge is -2.18. The summed E-state index contributed by atoms with van der Waals surface area (Å²) in [6.45, 7) is 0.203. The number of nitrogens with one attached hydrogen (secondary N) is 1. The van der Waals surface area contributed by atoms with Crippen LogP contribution in [-0.4, -0.2) is 36.9 Å². The van der Waals surface area contributed by atoms with E-state index in [1.54, 1.807) is 19.0 Å². The first-order chi connectivity index (χ1) is 9.10. The Morgan fingerprint density at radius 1 is 1.32 bits per heavy atom. The second kappa shape index (κ2) is 5.93. The lowest BCUT2D eigenvalue weighted by Crippen LogP contribution is -2.24. The topological polar surface area (TPSA) is 28.2 Å². The smallest absolute Gasteiger partial charge is 0.251 e. The first-order valence-corrected chi connectivity index (χ1v) is 6.13. The van der Waals surface area contributed by atoms with Crippen LogP contribution in [0.2, 0.25) is 0 Å².